The van der Waals surface area contributed by atoms with Gasteiger partial charge in [-0.15, -0.1) is 0 Å². The highest BCUT2D eigenvalue weighted by Crippen LogP contribution is 2.19. The Bertz CT molecular complexity index is 1120. The molecule has 29 heavy (non-hydrogen) atoms. The van der Waals surface area contributed by atoms with Crippen molar-refractivity contribution in [1.82, 2.24) is 4.57 Å². The molecular weight excluding hydrogens is 370 g/mol. The normalized spacial score (nSPS) is 10.6. The second-order valence-electron chi connectivity index (χ2n) is 6.70. The summed E-state index contributed by atoms with van der Waals surface area (Å²) in [6.07, 6.45) is 1.50. The summed E-state index contributed by atoms with van der Waals surface area (Å²) in [4.78, 5) is 37.5. The largest absolute Gasteiger partial charge is 0.310 e. The highest BCUT2D eigenvalue weighted by atomic mass is 16.6. The van der Waals surface area contributed by atoms with Crippen LogP contribution in [0, 0.1) is 17.0 Å². The molecule has 0 aliphatic rings. The average Bonchev–Trinajstić information content (AvgIpc) is 2.70. The molecule has 0 fully saturated rings. The molecule has 0 saturated heterocycles. The number of non-ortho nitro benzene ring substituents is 1. The quantitative estimate of drug-likeness (QED) is 0.473. The number of rotatable bonds is 6. The molecule has 0 atom stereocenters. The zero-order chi connectivity index (χ0) is 21.0. The second kappa shape index (κ2) is 8.52. The van der Waals surface area contributed by atoms with Gasteiger partial charge in [0.15, 0.2) is 0 Å². The van der Waals surface area contributed by atoms with Crippen molar-refractivity contribution >= 4 is 17.3 Å². The van der Waals surface area contributed by atoms with E-state index in [1.165, 1.54) is 35.0 Å². The number of nitrogens with zero attached hydrogens (tertiary/aromatic N) is 3. The fourth-order valence-corrected chi connectivity index (χ4v) is 3.14. The van der Waals surface area contributed by atoms with Gasteiger partial charge in [-0.25, -0.2) is 0 Å². The number of amides is 1. The molecule has 148 valence electrons. The smallest absolute Gasteiger partial charge is 0.269 e. The van der Waals surface area contributed by atoms with Gasteiger partial charge in [0.1, 0.15) is 0 Å². The fourth-order valence-electron chi connectivity index (χ4n) is 3.14. The van der Waals surface area contributed by atoms with Gasteiger partial charge < -0.3 is 9.47 Å². The molecule has 1 amide bonds. The number of pyridine rings is 1. The number of carbonyl (C=O) groups is 1. The van der Waals surface area contributed by atoms with Crippen molar-refractivity contribution in [2.75, 3.05) is 11.4 Å². The molecule has 0 spiro atoms. The Balaban J connectivity index is 1.92. The SMILES string of the molecule is CCN(C(=O)c1ccc(=O)n(Cc2cccc([N+](=O)[O-])c2)c1)c1cccc(C)c1. The number of nitro groups is 1. The van der Waals surface area contributed by atoms with Crippen molar-refractivity contribution in [3.63, 3.8) is 0 Å². The van der Waals surface area contributed by atoms with Crippen LogP contribution in [0.4, 0.5) is 11.4 Å². The van der Waals surface area contributed by atoms with Gasteiger partial charge in [0.2, 0.25) is 0 Å². The number of hydrogen-bond acceptors (Lipinski definition) is 4. The third kappa shape index (κ3) is 4.57. The topological polar surface area (TPSA) is 85.5 Å². The first-order valence-corrected chi connectivity index (χ1v) is 9.21. The highest BCUT2D eigenvalue weighted by Gasteiger charge is 2.17. The van der Waals surface area contributed by atoms with E-state index < -0.39 is 4.92 Å². The predicted octanol–water partition coefficient (Wildman–Crippen LogP) is 3.78. The molecule has 1 aromatic heterocycles. The highest BCUT2D eigenvalue weighted by molar-refractivity contribution is 6.05. The van der Waals surface area contributed by atoms with E-state index >= 15 is 0 Å². The maximum atomic E-state index is 13.1. The van der Waals surface area contributed by atoms with Gasteiger partial charge in [0, 0.05) is 36.6 Å². The summed E-state index contributed by atoms with van der Waals surface area (Å²) < 4.78 is 1.39. The Morgan fingerprint density at radius 3 is 2.55 bits per heavy atom. The first-order valence-electron chi connectivity index (χ1n) is 9.21. The molecule has 3 rings (SSSR count). The standard InChI is InChI=1S/C22H21N3O4/c1-3-24(19-8-4-6-16(2)12-19)22(27)18-10-11-21(26)23(15-18)14-17-7-5-9-20(13-17)25(28)29/h4-13,15H,3,14H2,1-2H3. The Morgan fingerprint density at radius 1 is 1.10 bits per heavy atom. The first-order chi connectivity index (χ1) is 13.9. The van der Waals surface area contributed by atoms with Crippen molar-refractivity contribution in [2.24, 2.45) is 0 Å². The van der Waals surface area contributed by atoms with Crippen LogP contribution in [0.3, 0.4) is 0 Å². The molecule has 0 N–H and O–H groups in total. The van der Waals surface area contributed by atoms with Crippen LogP contribution < -0.4 is 10.5 Å². The molecular formula is C22H21N3O4. The predicted molar refractivity (Wildman–Crippen MR) is 111 cm³/mol. The lowest BCUT2D eigenvalue weighted by Crippen LogP contribution is -2.32. The molecule has 7 nitrogen and oxygen atoms in total. The molecule has 0 bridgehead atoms. The summed E-state index contributed by atoms with van der Waals surface area (Å²) >= 11 is 0. The minimum Gasteiger partial charge on any atom is -0.310 e. The van der Waals surface area contributed by atoms with Crippen LogP contribution in [0.15, 0.2) is 71.7 Å². The van der Waals surface area contributed by atoms with Gasteiger partial charge in [-0.1, -0.05) is 24.3 Å². The third-order valence-electron chi connectivity index (χ3n) is 4.58. The van der Waals surface area contributed by atoms with E-state index in [1.807, 2.05) is 38.1 Å². The minimum atomic E-state index is -0.479. The third-order valence-corrected chi connectivity index (χ3v) is 4.58. The lowest BCUT2D eigenvalue weighted by atomic mass is 10.1. The number of benzene rings is 2. The maximum Gasteiger partial charge on any atom is 0.269 e. The van der Waals surface area contributed by atoms with Crippen molar-refractivity contribution in [2.45, 2.75) is 20.4 Å². The molecule has 1 heterocycles. The summed E-state index contributed by atoms with van der Waals surface area (Å²) in [7, 11) is 0. The summed E-state index contributed by atoms with van der Waals surface area (Å²) in [5.41, 5.74) is 2.49. The summed E-state index contributed by atoms with van der Waals surface area (Å²) in [5, 5.41) is 11.0. The molecule has 0 unspecified atom stereocenters. The number of carbonyl (C=O) groups excluding carboxylic acids is 1. The van der Waals surface area contributed by atoms with Gasteiger partial charge in [0.25, 0.3) is 17.2 Å². The van der Waals surface area contributed by atoms with Crippen LogP contribution in [-0.2, 0) is 6.54 Å². The van der Waals surface area contributed by atoms with E-state index in [-0.39, 0.29) is 23.7 Å². The van der Waals surface area contributed by atoms with Gasteiger partial charge in [0.05, 0.1) is 17.0 Å². The Labute approximate surface area is 168 Å². The zero-order valence-corrected chi connectivity index (χ0v) is 16.2. The summed E-state index contributed by atoms with van der Waals surface area (Å²) in [6.45, 7) is 4.46. The van der Waals surface area contributed by atoms with Crippen molar-refractivity contribution in [1.29, 1.82) is 0 Å². The Hall–Kier alpha value is -3.74. The second-order valence-corrected chi connectivity index (χ2v) is 6.70. The van der Waals surface area contributed by atoms with Crippen LogP contribution in [0.5, 0.6) is 0 Å². The monoisotopic (exact) mass is 391 g/mol. The van der Waals surface area contributed by atoms with Crippen molar-refractivity contribution in [3.05, 3.63) is 104 Å². The summed E-state index contributed by atoms with van der Waals surface area (Å²) in [6, 6.07) is 16.6. The number of nitro benzene ring substituents is 1. The fraction of sp³-hybridized carbons (Fsp3) is 0.182. The van der Waals surface area contributed by atoms with Gasteiger partial charge in [-0.05, 0) is 43.2 Å². The maximum absolute atomic E-state index is 13.1. The van der Waals surface area contributed by atoms with E-state index in [9.17, 15) is 19.7 Å². The molecule has 7 heteroatoms. The van der Waals surface area contributed by atoms with Gasteiger partial charge in [-0.2, -0.15) is 0 Å². The Kier molecular flexibility index (Phi) is 5.87. The molecule has 2 aromatic carbocycles. The lowest BCUT2D eigenvalue weighted by molar-refractivity contribution is -0.384. The van der Waals surface area contributed by atoms with Crippen LogP contribution in [0.1, 0.15) is 28.4 Å². The van der Waals surface area contributed by atoms with Crippen LogP contribution >= 0.6 is 0 Å². The van der Waals surface area contributed by atoms with Crippen LogP contribution in [0.25, 0.3) is 0 Å². The number of hydrogen-bond donors (Lipinski definition) is 0. The average molecular weight is 391 g/mol. The minimum absolute atomic E-state index is 0.0422. The summed E-state index contributed by atoms with van der Waals surface area (Å²) in [5.74, 6) is -0.217. The number of aromatic nitrogens is 1. The van der Waals surface area contributed by atoms with E-state index in [4.69, 9.17) is 0 Å². The molecule has 0 radical (unpaired) electrons. The van der Waals surface area contributed by atoms with Crippen molar-refractivity contribution < 1.29 is 9.72 Å². The van der Waals surface area contributed by atoms with E-state index in [1.54, 1.807) is 17.0 Å². The van der Waals surface area contributed by atoms with E-state index in [0.29, 0.717) is 17.7 Å². The first kappa shape index (κ1) is 20.0. The molecule has 0 saturated carbocycles. The number of anilines is 1. The van der Waals surface area contributed by atoms with Crippen LogP contribution in [0.2, 0.25) is 0 Å². The molecule has 0 aliphatic carbocycles. The molecule has 3 aromatic rings. The van der Waals surface area contributed by atoms with Crippen molar-refractivity contribution in [3.8, 4) is 0 Å². The number of aryl methyl sites for hydroxylation is 1. The van der Waals surface area contributed by atoms with Gasteiger partial charge in [-0.3, -0.25) is 19.7 Å². The lowest BCUT2D eigenvalue weighted by Gasteiger charge is -2.22. The van der Waals surface area contributed by atoms with E-state index in [0.717, 1.165) is 11.3 Å². The van der Waals surface area contributed by atoms with Gasteiger partial charge >= 0.3 is 0 Å². The van der Waals surface area contributed by atoms with E-state index in [2.05, 4.69) is 0 Å². The molecule has 0 aliphatic heterocycles. The Morgan fingerprint density at radius 2 is 1.86 bits per heavy atom. The zero-order valence-electron chi connectivity index (χ0n) is 16.2. The van der Waals surface area contributed by atoms with Crippen LogP contribution in [-0.4, -0.2) is 21.9 Å².